The van der Waals surface area contributed by atoms with Crippen LogP contribution in [0.4, 0.5) is 0 Å². The molecular weight excluding hydrogens is 162 g/mol. The van der Waals surface area contributed by atoms with Crippen LogP contribution in [0.5, 0.6) is 0 Å². The van der Waals surface area contributed by atoms with Crippen LogP contribution >= 0.6 is 0 Å². The van der Waals surface area contributed by atoms with Crippen molar-refractivity contribution < 1.29 is 80.3 Å². The van der Waals surface area contributed by atoms with E-state index in [0.717, 1.165) is 0 Å². The van der Waals surface area contributed by atoms with Gasteiger partial charge in [0.25, 0.3) is 0 Å². The monoisotopic (exact) mass is 162 g/mol. The summed E-state index contributed by atoms with van der Waals surface area (Å²) in [4.78, 5) is 0. The normalized spacial score (nSPS) is 8.57. The van der Waals surface area contributed by atoms with Crippen molar-refractivity contribution in [2.75, 3.05) is 0 Å². The van der Waals surface area contributed by atoms with Gasteiger partial charge in [-0.15, -0.1) is 10.2 Å². The van der Waals surface area contributed by atoms with E-state index in [1.807, 2.05) is 0 Å². The molecule has 0 saturated heterocycles. The summed E-state index contributed by atoms with van der Waals surface area (Å²) in [5, 5.41) is 0. The van der Waals surface area contributed by atoms with Gasteiger partial charge in [-0.05, 0) is 0 Å². The Kier molecular flexibility index (Phi) is 16.1. The first kappa shape index (κ1) is 16.4. The summed E-state index contributed by atoms with van der Waals surface area (Å²) in [5.74, 6) is 0. The van der Waals surface area contributed by atoms with E-state index < -0.39 is 10.2 Å². The summed E-state index contributed by atoms with van der Waals surface area (Å²) in [6, 6.07) is 0. The molecule has 0 saturated carbocycles. The summed E-state index contributed by atoms with van der Waals surface area (Å²) < 4.78 is 34.0. The van der Waals surface area contributed by atoms with Crippen molar-refractivity contribution in [3.8, 4) is 0 Å². The van der Waals surface area contributed by atoms with E-state index in [-0.39, 0.29) is 80.9 Å². The van der Waals surface area contributed by atoms with Gasteiger partial charge in [-0.2, -0.15) is 0 Å². The molecule has 0 aromatic rings. The minimum absolute atomic E-state index is 0. The second-order valence-electron chi connectivity index (χ2n) is 0.378. The molecule has 0 amide bonds. The van der Waals surface area contributed by atoms with Gasteiger partial charge >= 0.3 is 80.9 Å². The van der Waals surface area contributed by atoms with Crippen LogP contribution in [0, 0.1) is 10.2 Å². The second-order valence-corrected chi connectivity index (χ2v) is 1.13. The first-order valence-corrected chi connectivity index (χ1v) is 1.85. The van der Waals surface area contributed by atoms with Crippen LogP contribution in [0.1, 0.15) is 0 Å². The fraction of sp³-hybridized carbons (Fsp3) is 0. The van der Waals surface area contributed by atoms with Gasteiger partial charge in [0.05, 0.1) is 0 Å². The third-order valence-corrected chi connectivity index (χ3v) is 0. The van der Waals surface area contributed by atoms with E-state index in [0.29, 0.717) is 0 Å². The average Bonchev–Trinajstić information content (AvgIpc) is 0.722. The first-order chi connectivity index (χ1) is 2.00. The number of hydrogen-bond donors (Lipinski definition) is 0. The van der Waals surface area contributed by atoms with Crippen molar-refractivity contribution in [2.45, 2.75) is 0 Å². The standard InChI is InChI=1S/ClHO4.K.Na.H/c2-1(3,4)5;;;/h(H,2,3,4,5);;;/q;+1;;/p-1. The van der Waals surface area contributed by atoms with Crippen LogP contribution in [-0.2, 0) is 0 Å². The van der Waals surface area contributed by atoms with Crippen molar-refractivity contribution in [3.05, 3.63) is 0 Å². The van der Waals surface area contributed by atoms with Crippen molar-refractivity contribution in [3.63, 3.8) is 0 Å². The molecule has 0 fully saturated rings. The molecule has 4 nitrogen and oxygen atoms in total. The maximum Gasteiger partial charge on any atom is -0.112 e. The quantitative estimate of drug-likeness (QED) is 0.331. The first-order valence-electron chi connectivity index (χ1n) is 0.617. The minimum atomic E-state index is -4.94. The Morgan fingerprint density at radius 3 is 0.857 bits per heavy atom. The molecule has 0 spiro atoms. The molecule has 0 radical (unpaired) electrons. The van der Waals surface area contributed by atoms with Crippen molar-refractivity contribution in [1.29, 1.82) is 0 Å². The van der Waals surface area contributed by atoms with Gasteiger partial charge in [0.2, 0.25) is 0 Å². The van der Waals surface area contributed by atoms with Crippen molar-refractivity contribution >= 4 is 29.6 Å². The van der Waals surface area contributed by atoms with E-state index in [4.69, 9.17) is 18.6 Å². The zero-order valence-electron chi connectivity index (χ0n) is 3.01. The fourth-order valence-corrected chi connectivity index (χ4v) is 0. The van der Waals surface area contributed by atoms with Gasteiger partial charge in [0.1, 0.15) is 0 Å². The summed E-state index contributed by atoms with van der Waals surface area (Å²) in [7, 11) is -4.94. The predicted octanol–water partition coefficient (Wildman–Crippen LogP) is -8.40. The molecule has 34 valence electrons. The molecule has 0 atom stereocenters. The number of halogens is 1. The Morgan fingerprint density at radius 1 is 0.857 bits per heavy atom. The molecule has 0 aromatic heterocycles. The Balaban J connectivity index is -0.0000000800. The van der Waals surface area contributed by atoms with E-state index in [2.05, 4.69) is 0 Å². The molecular formula is HClKNaO4. The van der Waals surface area contributed by atoms with Gasteiger partial charge in [-0.25, -0.2) is 18.6 Å². The maximum absolute atomic E-state index is 8.49. The third-order valence-electron chi connectivity index (χ3n) is 0. The van der Waals surface area contributed by atoms with Gasteiger partial charge in [-0.3, -0.25) is 0 Å². The van der Waals surface area contributed by atoms with E-state index >= 15 is 0 Å². The van der Waals surface area contributed by atoms with E-state index in [9.17, 15) is 0 Å². The van der Waals surface area contributed by atoms with Crippen LogP contribution in [0.2, 0.25) is 0 Å². The number of hydrogen-bond acceptors (Lipinski definition) is 4. The van der Waals surface area contributed by atoms with Gasteiger partial charge in [0.15, 0.2) is 0 Å². The Morgan fingerprint density at radius 2 is 0.857 bits per heavy atom. The molecule has 7 heteroatoms. The van der Waals surface area contributed by atoms with Gasteiger partial charge in [0, 0.05) is 0 Å². The second kappa shape index (κ2) is 6.88. The molecule has 0 bridgehead atoms. The van der Waals surface area contributed by atoms with Gasteiger partial charge in [-0.1, -0.05) is 0 Å². The van der Waals surface area contributed by atoms with Gasteiger partial charge < -0.3 is 0 Å². The summed E-state index contributed by atoms with van der Waals surface area (Å²) in [5.41, 5.74) is 0. The maximum atomic E-state index is 8.49. The Labute approximate surface area is 107 Å². The smallest absolute Gasteiger partial charge is 0.112 e. The SMILES string of the molecule is [K+].[NaH].[O-][Cl+3]([O-])([O-])[O-]. The molecule has 7 heavy (non-hydrogen) atoms. The van der Waals surface area contributed by atoms with Crippen molar-refractivity contribution in [1.82, 2.24) is 0 Å². The van der Waals surface area contributed by atoms with Crippen LogP contribution in [0.25, 0.3) is 0 Å². The summed E-state index contributed by atoms with van der Waals surface area (Å²) in [6.45, 7) is 0. The molecule has 0 N–H and O–H groups in total. The summed E-state index contributed by atoms with van der Waals surface area (Å²) >= 11 is 0. The average molecular weight is 163 g/mol. The Hall–Kier alpha value is 2.77. The molecule has 0 aliphatic carbocycles. The third kappa shape index (κ3) is 52.4. The van der Waals surface area contributed by atoms with E-state index in [1.54, 1.807) is 0 Å². The number of rotatable bonds is 0. The van der Waals surface area contributed by atoms with Crippen LogP contribution in [0.15, 0.2) is 0 Å². The molecule has 0 aromatic carbocycles. The molecule has 0 aliphatic rings. The molecule has 0 aliphatic heterocycles. The van der Waals surface area contributed by atoms with Crippen LogP contribution in [-0.4, -0.2) is 29.6 Å². The van der Waals surface area contributed by atoms with Crippen LogP contribution in [0.3, 0.4) is 0 Å². The topological polar surface area (TPSA) is 92.2 Å². The van der Waals surface area contributed by atoms with E-state index in [1.165, 1.54) is 0 Å². The summed E-state index contributed by atoms with van der Waals surface area (Å²) in [6.07, 6.45) is 0. The largest absolute Gasteiger partial charge is 0.222 e. The predicted molar refractivity (Wildman–Crippen MR) is 7.15 cm³/mol. The zero-order valence-corrected chi connectivity index (χ0v) is 6.89. The molecule has 0 heterocycles. The van der Waals surface area contributed by atoms with Crippen molar-refractivity contribution in [2.24, 2.45) is 0 Å². The minimum Gasteiger partial charge on any atom is -0.222 e. The molecule has 0 unspecified atom stereocenters. The fourth-order valence-electron chi connectivity index (χ4n) is 0. The van der Waals surface area contributed by atoms with Crippen LogP contribution < -0.4 is 70.0 Å². The Bertz CT molecular complexity index is 27.2. The molecule has 0 rings (SSSR count). The zero-order chi connectivity index (χ0) is 4.50.